The minimum atomic E-state index is 0.0273. The van der Waals surface area contributed by atoms with Crippen LogP contribution in [0.2, 0.25) is 0 Å². The van der Waals surface area contributed by atoms with E-state index < -0.39 is 0 Å². The van der Waals surface area contributed by atoms with E-state index in [-0.39, 0.29) is 5.91 Å². The van der Waals surface area contributed by atoms with Crippen LogP contribution in [0.3, 0.4) is 0 Å². The van der Waals surface area contributed by atoms with Crippen molar-refractivity contribution in [3.63, 3.8) is 0 Å². The monoisotopic (exact) mass is 244 g/mol. The molecule has 0 atom stereocenters. The van der Waals surface area contributed by atoms with Gasteiger partial charge in [-0.1, -0.05) is 30.3 Å². The van der Waals surface area contributed by atoms with Crippen LogP contribution in [0.5, 0.6) is 0 Å². The SMILES string of the molecule is Cc1nc(CCC(=O)NCc2ccccc2)co1. The Bertz CT molecular complexity index is 506. The quantitative estimate of drug-likeness (QED) is 0.877. The normalized spacial score (nSPS) is 10.3. The molecule has 4 nitrogen and oxygen atoms in total. The number of hydrogen-bond donors (Lipinski definition) is 1. The number of benzene rings is 1. The van der Waals surface area contributed by atoms with Gasteiger partial charge in [0.1, 0.15) is 6.26 Å². The van der Waals surface area contributed by atoms with Crippen LogP contribution in [0.15, 0.2) is 41.0 Å². The first-order valence-corrected chi connectivity index (χ1v) is 5.95. The van der Waals surface area contributed by atoms with E-state index in [0.29, 0.717) is 25.3 Å². The smallest absolute Gasteiger partial charge is 0.220 e. The molecular formula is C14H16N2O2. The van der Waals surface area contributed by atoms with Crippen LogP contribution in [-0.2, 0) is 17.8 Å². The van der Waals surface area contributed by atoms with Gasteiger partial charge >= 0.3 is 0 Å². The lowest BCUT2D eigenvalue weighted by Crippen LogP contribution is -2.22. The molecule has 0 fully saturated rings. The first-order valence-electron chi connectivity index (χ1n) is 5.95. The Morgan fingerprint density at radius 3 is 2.78 bits per heavy atom. The van der Waals surface area contributed by atoms with Crippen molar-refractivity contribution in [3.05, 3.63) is 53.7 Å². The van der Waals surface area contributed by atoms with Crippen molar-refractivity contribution in [3.8, 4) is 0 Å². The first-order chi connectivity index (χ1) is 8.74. The van der Waals surface area contributed by atoms with Gasteiger partial charge in [0.05, 0.1) is 5.69 Å². The fourth-order valence-electron chi connectivity index (χ4n) is 1.65. The summed E-state index contributed by atoms with van der Waals surface area (Å²) in [6, 6.07) is 9.85. The van der Waals surface area contributed by atoms with Gasteiger partial charge in [0.2, 0.25) is 5.91 Å². The maximum atomic E-state index is 11.6. The van der Waals surface area contributed by atoms with Crippen LogP contribution in [0.25, 0.3) is 0 Å². The first kappa shape index (κ1) is 12.4. The van der Waals surface area contributed by atoms with Crippen LogP contribution in [0, 0.1) is 6.92 Å². The summed E-state index contributed by atoms with van der Waals surface area (Å²) in [4.78, 5) is 15.8. The number of nitrogens with zero attached hydrogens (tertiary/aromatic N) is 1. The van der Waals surface area contributed by atoms with Crippen molar-refractivity contribution < 1.29 is 9.21 Å². The van der Waals surface area contributed by atoms with Gasteiger partial charge in [-0.25, -0.2) is 4.98 Å². The summed E-state index contributed by atoms with van der Waals surface area (Å²) in [5, 5.41) is 2.88. The third-order valence-corrected chi connectivity index (χ3v) is 2.61. The zero-order valence-corrected chi connectivity index (χ0v) is 10.3. The maximum absolute atomic E-state index is 11.6. The van der Waals surface area contributed by atoms with E-state index >= 15 is 0 Å². The summed E-state index contributed by atoms with van der Waals surface area (Å²) in [7, 11) is 0. The zero-order valence-electron chi connectivity index (χ0n) is 10.3. The van der Waals surface area contributed by atoms with Crippen molar-refractivity contribution in [2.75, 3.05) is 0 Å². The number of amides is 1. The number of hydrogen-bond acceptors (Lipinski definition) is 3. The highest BCUT2D eigenvalue weighted by Crippen LogP contribution is 2.03. The second kappa shape index (κ2) is 6.00. The van der Waals surface area contributed by atoms with Gasteiger partial charge in [-0.2, -0.15) is 0 Å². The molecule has 0 unspecified atom stereocenters. The lowest BCUT2D eigenvalue weighted by atomic mass is 10.2. The molecule has 0 aliphatic carbocycles. The molecule has 0 aliphatic heterocycles. The molecule has 0 aliphatic rings. The van der Waals surface area contributed by atoms with E-state index in [1.165, 1.54) is 0 Å². The zero-order chi connectivity index (χ0) is 12.8. The van der Waals surface area contributed by atoms with E-state index in [1.807, 2.05) is 30.3 Å². The standard InChI is InChI=1S/C14H16N2O2/c1-11-16-13(10-18-11)7-8-14(17)15-9-12-5-3-2-4-6-12/h2-6,10H,7-9H2,1H3,(H,15,17). The van der Waals surface area contributed by atoms with Crippen molar-refractivity contribution in [1.82, 2.24) is 10.3 Å². The number of oxazole rings is 1. The third-order valence-electron chi connectivity index (χ3n) is 2.61. The molecule has 18 heavy (non-hydrogen) atoms. The second-order valence-electron chi connectivity index (χ2n) is 4.12. The number of rotatable bonds is 5. The van der Waals surface area contributed by atoms with Crippen molar-refractivity contribution in [2.24, 2.45) is 0 Å². The maximum Gasteiger partial charge on any atom is 0.220 e. The number of carbonyl (C=O) groups excluding carboxylic acids is 1. The van der Waals surface area contributed by atoms with Gasteiger partial charge in [0, 0.05) is 26.3 Å². The molecule has 0 saturated carbocycles. The largest absolute Gasteiger partial charge is 0.449 e. The molecular weight excluding hydrogens is 228 g/mol. The summed E-state index contributed by atoms with van der Waals surface area (Å²) in [6.07, 6.45) is 2.64. The summed E-state index contributed by atoms with van der Waals surface area (Å²) in [5.41, 5.74) is 1.92. The molecule has 2 aromatic rings. The average Bonchev–Trinajstić information content (AvgIpc) is 2.81. The van der Waals surface area contributed by atoms with Gasteiger partial charge in [-0.3, -0.25) is 4.79 Å². The van der Waals surface area contributed by atoms with Gasteiger partial charge in [0.15, 0.2) is 5.89 Å². The van der Waals surface area contributed by atoms with Crippen LogP contribution < -0.4 is 5.32 Å². The number of nitrogens with one attached hydrogen (secondary N) is 1. The molecule has 0 radical (unpaired) electrons. The predicted molar refractivity (Wildman–Crippen MR) is 67.8 cm³/mol. The molecule has 1 amide bonds. The average molecular weight is 244 g/mol. The molecule has 0 bridgehead atoms. The Balaban J connectivity index is 1.73. The van der Waals surface area contributed by atoms with Gasteiger partial charge in [-0.15, -0.1) is 0 Å². The topological polar surface area (TPSA) is 55.1 Å². The molecule has 4 heteroatoms. The number of aromatic nitrogens is 1. The number of carbonyl (C=O) groups is 1. The Kier molecular flexibility index (Phi) is 4.12. The van der Waals surface area contributed by atoms with Crippen molar-refractivity contribution in [2.45, 2.75) is 26.3 Å². The van der Waals surface area contributed by atoms with Gasteiger partial charge in [-0.05, 0) is 5.56 Å². The van der Waals surface area contributed by atoms with Crippen LogP contribution in [0.4, 0.5) is 0 Å². The number of aryl methyl sites for hydroxylation is 2. The molecule has 0 saturated heterocycles. The molecule has 1 N–H and O–H groups in total. The molecule has 1 aromatic heterocycles. The lowest BCUT2D eigenvalue weighted by Gasteiger charge is -2.04. The summed E-state index contributed by atoms with van der Waals surface area (Å²) in [5.74, 6) is 0.661. The second-order valence-corrected chi connectivity index (χ2v) is 4.12. The van der Waals surface area contributed by atoms with Gasteiger partial charge in [0.25, 0.3) is 0 Å². The van der Waals surface area contributed by atoms with Crippen LogP contribution in [0.1, 0.15) is 23.6 Å². The summed E-state index contributed by atoms with van der Waals surface area (Å²) in [6.45, 7) is 2.36. The third kappa shape index (κ3) is 3.73. The molecule has 1 heterocycles. The van der Waals surface area contributed by atoms with E-state index in [1.54, 1.807) is 13.2 Å². The minimum absolute atomic E-state index is 0.0273. The summed E-state index contributed by atoms with van der Waals surface area (Å²) >= 11 is 0. The lowest BCUT2D eigenvalue weighted by molar-refractivity contribution is -0.121. The van der Waals surface area contributed by atoms with Crippen LogP contribution >= 0.6 is 0 Å². The highest BCUT2D eigenvalue weighted by atomic mass is 16.3. The molecule has 0 spiro atoms. The van der Waals surface area contributed by atoms with E-state index in [0.717, 1.165) is 11.3 Å². The summed E-state index contributed by atoms with van der Waals surface area (Å²) < 4.78 is 5.08. The molecule has 2 rings (SSSR count). The molecule has 94 valence electrons. The van der Waals surface area contributed by atoms with E-state index in [9.17, 15) is 4.79 Å². The van der Waals surface area contributed by atoms with Crippen LogP contribution in [-0.4, -0.2) is 10.9 Å². The molecule has 1 aromatic carbocycles. The van der Waals surface area contributed by atoms with Crippen molar-refractivity contribution in [1.29, 1.82) is 0 Å². The highest BCUT2D eigenvalue weighted by molar-refractivity contribution is 5.76. The predicted octanol–water partition coefficient (Wildman–Crippen LogP) is 2.23. The Labute approximate surface area is 106 Å². The Morgan fingerprint density at radius 2 is 2.11 bits per heavy atom. The Morgan fingerprint density at radius 1 is 1.33 bits per heavy atom. The van der Waals surface area contributed by atoms with Crippen molar-refractivity contribution >= 4 is 5.91 Å². The van der Waals surface area contributed by atoms with E-state index in [2.05, 4.69) is 10.3 Å². The fraction of sp³-hybridized carbons (Fsp3) is 0.286. The fourth-order valence-corrected chi connectivity index (χ4v) is 1.65. The minimum Gasteiger partial charge on any atom is -0.449 e. The Hall–Kier alpha value is -2.10. The highest BCUT2D eigenvalue weighted by Gasteiger charge is 2.05. The van der Waals surface area contributed by atoms with E-state index in [4.69, 9.17) is 4.42 Å². The van der Waals surface area contributed by atoms with Gasteiger partial charge < -0.3 is 9.73 Å².